The number of rotatable bonds is 2. The van der Waals surface area contributed by atoms with Crippen molar-refractivity contribution in [3.63, 3.8) is 0 Å². The van der Waals surface area contributed by atoms with Crippen molar-refractivity contribution in [2.24, 2.45) is 0 Å². The van der Waals surface area contributed by atoms with Crippen LogP contribution < -0.4 is 9.47 Å². The molecule has 0 saturated carbocycles. The van der Waals surface area contributed by atoms with E-state index in [1.165, 1.54) is 32.4 Å². The molecule has 0 amide bonds. The van der Waals surface area contributed by atoms with Gasteiger partial charge in [0.15, 0.2) is 0 Å². The molecule has 0 fully saturated rings. The normalized spacial score (nSPS) is 16.1. The summed E-state index contributed by atoms with van der Waals surface area (Å²) in [6.07, 6.45) is -0.910. The maximum Gasteiger partial charge on any atom is 0.230 e. The summed E-state index contributed by atoms with van der Waals surface area (Å²) in [5.41, 5.74) is 1.30. The number of aryl methyl sites for hydroxylation is 1. The summed E-state index contributed by atoms with van der Waals surface area (Å²) in [4.78, 5) is 12.9. The molecule has 2 aromatic rings. The van der Waals surface area contributed by atoms with Crippen LogP contribution in [0.1, 0.15) is 33.3 Å². The van der Waals surface area contributed by atoms with Crippen molar-refractivity contribution >= 4 is 5.78 Å². The fourth-order valence-corrected chi connectivity index (χ4v) is 2.74. The van der Waals surface area contributed by atoms with Gasteiger partial charge in [0.1, 0.15) is 28.6 Å². The van der Waals surface area contributed by atoms with Gasteiger partial charge in [0.25, 0.3) is 0 Å². The Labute approximate surface area is 132 Å². The van der Waals surface area contributed by atoms with Crippen LogP contribution in [-0.2, 0) is 4.74 Å². The average Bonchev–Trinajstić information content (AvgIpc) is 2.61. The van der Waals surface area contributed by atoms with Crippen molar-refractivity contribution in [1.29, 1.82) is 0 Å². The zero-order chi connectivity index (χ0) is 16.7. The quantitative estimate of drug-likeness (QED) is 0.886. The fraction of sp³-hybridized carbons (Fsp3) is 0.235. The zero-order valence-corrected chi connectivity index (χ0v) is 12.9. The van der Waals surface area contributed by atoms with Gasteiger partial charge in [0, 0.05) is 18.7 Å². The van der Waals surface area contributed by atoms with Crippen LogP contribution in [0.15, 0.2) is 24.3 Å². The average molecular weight is 316 g/mol. The van der Waals surface area contributed by atoms with Gasteiger partial charge in [-0.1, -0.05) is 0 Å². The standard InChI is InChI=1S/C17H16O6/c1-8-4-11(19)15-13(5-8)23-17(22-3)14-10(16(15)20)6-9(18)7-12(14)21-2/h4-7,17-19H,1-3H3. The summed E-state index contributed by atoms with van der Waals surface area (Å²) in [6, 6.07) is 5.82. The minimum atomic E-state index is -0.910. The topological polar surface area (TPSA) is 85.2 Å². The Morgan fingerprint density at radius 1 is 1.13 bits per heavy atom. The van der Waals surface area contributed by atoms with E-state index in [1.54, 1.807) is 13.0 Å². The SMILES string of the molecule is COc1cc(O)cc2c1C(OC)Oc1cc(C)cc(O)c1C2=O. The Morgan fingerprint density at radius 2 is 1.87 bits per heavy atom. The Kier molecular flexibility index (Phi) is 3.61. The molecular formula is C17H16O6. The number of carbonyl (C=O) groups is 1. The van der Waals surface area contributed by atoms with Gasteiger partial charge in [0.05, 0.1) is 12.7 Å². The second-order valence-corrected chi connectivity index (χ2v) is 5.28. The van der Waals surface area contributed by atoms with E-state index in [0.29, 0.717) is 5.56 Å². The molecule has 0 aromatic heterocycles. The summed E-state index contributed by atoms with van der Waals surface area (Å²) in [5.74, 6) is -0.295. The Balaban J connectivity index is 2.34. The van der Waals surface area contributed by atoms with E-state index in [0.717, 1.165) is 5.56 Å². The first-order valence-corrected chi connectivity index (χ1v) is 6.95. The third-order valence-electron chi connectivity index (χ3n) is 3.73. The minimum absolute atomic E-state index is 0.0315. The highest BCUT2D eigenvalue weighted by Gasteiger charge is 2.34. The van der Waals surface area contributed by atoms with Crippen LogP contribution in [0.5, 0.6) is 23.0 Å². The molecule has 23 heavy (non-hydrogen) atoms. The van der Waals surface area contributed by atoms with Crippen LogP contribution in [0, 0.1) is 6.92 Å². The first kappa shape index (κ1) is 15.2. The highest BCUT2D eigenvalue weighted by atomic mass is 16.7. The van der Waals surface area contributed by atoms with Gasteiger partial charge in [-0.3, -0.25) is 4.79 Å². The van der Waals surface area contributed by atoms with Crippen molar-refractivity contribution in [3.05, 3.63) is 46.5 Å². The number of hydrogen-bond acceptors (Lipinski definition) is 6. The van der Waals surface area contributed by atoms with Crippen molar-refractivity contribution < 1.29 is 29.2 Å². The molecule has 1 atom stereocenters. The fourth-order valence-electron chi connectivity index (χ4n) is 2.74. The molecule has 6 nitrogen and oxygen atoms in total. The third kappa shape index (κ3) is 2.37. The van der Waals surface area contributed by atoms with Gasteiger partial charge in [-0.15, -0.1) is 0 Å². The number of ether oxygens (including phenoxy) is 3. The van der Waals surface area contributed by atoms with E-state index >= 15 is 0 Å². The summed E-state index contributed by atoms with van der Waals surface area (Å²) in [5, 5.41) is 20.0. The molecule has 2 aromatic carbocycles. The maximum absolute atomic E-state index is 12.9. The molecule has 1 aliphatic heterocycles. The van der Waals surface area contributed by atoms with Crippen LogP contribution in [0.3, 0.4) is 0 Å². The van der Waals surface area contributed by atoms with E-state index in [-0.39, 0.29) is 34.1 Å². The number of hydrogen-bond donors (Lipinski definition) is 2. The number of aromatic hydroxyl groups is 2. The van der Waals surface area contributed by atoms with E-state index in [9.17, 15) is 15.0 Å². The van der Waals surface area contributed by atoms with E-state index < -0.39 is 12.1 Å². The summed E-state index contributed by atoms with van der Waals surface area (Å²) in [6.45, 7) is 1.78. The lowest BCUT2D eigenvalue weighted by Crippen LogP contribution is -2.12. The molecular weight excluding hydrogens is 300 g/mol. The van der Waals surface area contributed by atoms with Crippen molar-refractivity contribution in [1.82, 2.24) is 0 Å². The number of fused-ring (bicyclic) bond motifs is 2. The number of benzene rings is 2. The number of ketones is 1. The maximum atomic E-state index is 12.9. The Hall–Kier alpha value is -2.73. The first-order chi connectivity index (χ1) is 11.0. The molecule has 1 unspecified atom stereocenters. The predicted molar refractivity (Wildman–Crippen MR) is 81.3 cm³/mol. The van der Waals surface area contributed by atoms with Gasteiger partial charge in [-0.2, -0.15) is 0 Å². The molecule has 1 heterocycles. The number of methoxy groups -OCH3 is 2. The van der Waals surface area contributed by atoms with Gasteiger partial charge >= 0.3 is 0 Å². The van der Waals surface area contributed by atoms with E-state index in [4.69, 9.17) is 14.2 Å². The summed E-state index contributed by atoms with van der Waals surface area (Å²) in [7, 11) is 2.86. The van der Waals surface area contributed by atoms with Crippen molar-refractivity contribution in [2.75, 3.05) is 14.2 Å². The number of phenols is 2. The summed E-state index contributed by atoms with van der Waals surface area (Å²) < 4.78 is 16.4. The largest absolute Gasteiger partial charge is 0.508 e. The molecule has 0 bridgehead atoms. The molecule has 0 spiro atoms. The van der Waals surface area contributed by atoms with E-state index in [2.05, 4.69) is 0 Å². The highest BCUT2D eigenvalue weighted by Crippen LogP contribution is 2.43. The molecule has 120 valence electrons. The Bertz CT molecular complexity index is 796. The molecule has 2 N–H and O–H groups in total. The van der Waals surface area contributed by atoms with Crippen molar-refractivity contribution in [3.8, 4) is 23.0 Å². The predicted octanol–water partition coefficient (Wildman–Crippen LogP) is 2.68. The molecule has 0 saturated heterocycles. The molecule has 3 rings (SSSR count). The third-order valence-corrected chi connectivity index (χ3v) is 3.73. The second-order valence-electron chi connectivity index (χ2n) is 5.28. The van der Waals surface area contributed by atoms with Gasteiger partial charge in [-0.25, -0.2) is 0 Å². The lowest BCUT2D eigenvalue weighted by atomic mass is 9.96. The monoisotopic (exact) mass is 316 g/mol. The van der Waals surface area contributed by atoms with Crippen LogP contribution in [0.25, 0.3) is 0 Å². The second kappa shape index (κ2) is 5.48. The summed E-state index contributed by atoms with van der Waals surface area (Å²) >= 11 is 0. The Morgan fingerprint density at radius 3 is 2.52 bits per heavy atom. The minimum Gasteiger partial charge on any atom is -0.508 e. The van der Waals surface area contributed by atoms with Crippen LogP contribution in [-0.4, -0.2) is 30.2 Å². The molecule has 1 aliphatic rings. The van der Waals surface area contributed by atoms with Gasteiger partial charge < -0.3 is 24.4 Å². The van der Waals surface area contributed by atoms with Gasteiger partial charge in [-0.05, 0) is 30.7 Å². The van der Waals surface area contributed by atoms with Crippen LogP contribution in [0.2, 0.25) is 0 Å². The first-order valence-electron chi connectivity index (χ1n) is 6.95. The lowest BCUT2D eigenvalue weighted by molar-refractivity contribution is -0.0571. The molecule has 6 heteroatoms. The van der Waals surface area contributed by atoms with Gasteiger partial charge in [0.2, 0.25) is 12.1 Å². The van der Waals surface area contributed by atoms with E-state index in [1.807, 2.05) is 0 Å². The number of phenolic OH excluding ortho intramolecular Hbond substituents is 2. The van der Waals surface area contributed by atoms with Crippen LogP contribution >= 0.6 is 0 Å². The lowest BCUT2D eigenvalue weighted by Gasteiger charge is -2.20. The zero-order valence-electron chi connectivity index (χ0n) is 12.9. The molecule has 0 radical (unpaired) electrons. The van der Waals surface area contributed by atoms with Crippen LogP contribution in [0.4, 0.5) is 0 Å². The highest BCUT2D eigenvalue weighted by molar-refractivity contribution is 6.14. The smallest absolute Gasteiger partial charge is 0.230 e. The number of carbonyl (C=O) groups excluding carboxylic acids is 1. The van der Waals surface area contributed by atoms with Crippen molar-refractivity contribution in [2.45, 2.75) is 13.2 Å². The molecule has 0 aliphatic carbocycles.